The second kappa shape index (κ2) is 7.15. The van der Waals surface area contributed by atoms with Gasteiger partial charge in [-0.3, -0.25) is 0 Å². The number of aryl methyl sites for hydroxylation is 2. The molecule has 3 saturated carbocycles. The number of nitrogens with zero attached hydrogens (tertiary/aromatic N) is 1. The van der Waals surface area contributed by atoms with Gasteiger partial charge in [-0.15, -0.1) is 11.3 Å². The highest BCUT2D eigenvalue weighted by Crippen LogP contribution is 2.57. The molecular formula is C30H32NS+. The predicted molar refractivity (Wildman–Crippen MR) is 135 cm³/mol. The summed E-state index contributed by atoms with van der Waals surface area (Å²) in [6, 6.07) is 16.8. The van der Waals surface area contributed by atoms with E-state index in [0.717, 1.165) is 29.6 Å². The van der Waals surface area contributed by atoms with Crippen LogP contribution in [-0.2, 0) is 7.05 Å². The summed E-state index contributed by atoms with van der Waals surface area (Å²) in [5.41, 5.74) is 5.69. The van der Waals surface area contributed by atoms with Crippen LogP contribution in [0, 0.1) is 30.6 Å². The highest BCUT2D eigenvalue weighted by Gasteiger charge is 2.45. The van der Waals surface area contributed by atoms with Crippen LogP contribution in [0.5, 0.6) is 0 Å². The number of fused-ring (bicyclic) bond motifs is 4. The van der Waals surface area contributed by atoms with Crippen molar-refractivity contribution in [1.82, 2.24) is 0 Å². The Labute approximate surface area is 195 Å². The maximum atomic E-state index is 2.55. The van der Waals surface area contributed by atoms with Crippen molar-refractivity contribution in [3.63, 3.8) is 0 Å². The second-order valence-corrected chi connectivity index (χ2v) is 12.0. The van der Waals surface area contributed by atoms with Crippen molar-refractivity contribution in [2.24, 2.45) is 30.7 Å². The largest absolute Gasteiger partial charge is 0.220 e. The van der Waals surface area contributed by atoms with E-state index in [4.69, 9.17) is 0 Å². The van der Waals surface area contributed by atoms with Gasteiger partial charge < -0.3 is 0 Å². The molecule has 1 nitrogen and oxygen atoms in total. The van der Waals surface area contributed by atoms with Crippen LogP contribution in [0.25, 0.3) is 32.1 Å². The zero-order chi connectivity index (χ0) is 21.4. The zero-order valence-electron chi connectivity index (χ0n) is 19.2. The average molecular weight is 439 g/mol. The molecule has 4 aromatic rings. The Morgan fingerprint density at radius 3 is 2.72 bits per heavy atom. The van der Waals surface area contributed by atoms with E-state index in [2.05, 4.69) is 72.6 Å². The molecular weight excluding hydrogens is 406 g/mol. The minimum absolute atomic E-state index is 0.783. The summed E-state index contributed by atoms with van der Waals surface area (Å²) in [6.45, 7) is 2.26. The molecule has 3 aliphatic carbocycles. The molecule has 2 aromatic carbocycles. The van der Waals surface area contributed by atoms with Crippen LogP contribution in [0.4, 0.5) is 0 Å². The molecule has 7 rings (SSSR count). The highest BCUT2D eigenvalue weighted by molar-refractivity contribution is 7.17. The van der Waals surface area contributed by atoms with Crippen molar-refractivity contribution in [2.45, 2.75) is 51.4 Å². The van der Waals surface area contributed by atoms with Crippen LogP contribution in [0.3, 0.4) is 0 Å². The summed E-state index contributed by atoms with van der Waals surface area (Å²) in [4.78, 5) is 0. The summed E-state index contributed by atoms with van der Waals surface area (Å²) in [5.74, 6) is 4.76. The van der Waals surface area contributed by atoms with E-state index in [0.29, 0.717) is 0 Å². The molecule has 0 aliphatic heterocycles. The van der Waals surface area contributed by atoms with Crippen molar-refractivity contribution >= 4 is 32.2 Å². The lowest BCUT2D eigenvalue weighted by molar-refractivity contribution is -0.659. The molecule has 0 spiro atoms. The monoisotopic (exact) mass is 438 g/mol. The van der Waals surface area contributed by atoms with Crippen LogP contribution in [0.2, 0.25) is 0 Å². The first-order chi connectivity index (χ1) is 15.6. The van der Waals surface area contributed by atoms with Gasteiger partial charge in [0, 0.05) is 10.8 Å². The van der Waals surface area contributed by atoms with E-state index >= 15 is 0 Å². The molecule has 0 radical (unpaired) electrons. The van der Waals surface area contributed by atoms with Gasteiger partial charge in [0.1, 0.15) is 7.05 Å². The Hall–Kier alpha value is -2.19. The lowest BCUT2D eigenvalue weighted by Gasteiger charge is -2.52. The summed E-state index contributed by atoms with van der Waals surface area (Å²) in [6.07, 6.45) is 11.2. The maximum absolute atomic E-state index is 2.55. The standard InChI is InChI=1S/C30H32NS/c1-18-11-23-8-10-32-29(23)17-27(18)30-26-6-4-21(16-22(26)7-9-31(30)2)28-15-20-12-19-3-5-25(28)24(13-19)14-20/h4,6-11,16-17,19-20,24-25,28H,3,5,12-15H2,1-2H3/q+1. The van der Waals surface area contributed by atoms with E-state index < -0.39 is 0 Å². The fourth-order valence-electron chi connectivity index (χ4n) is 7.84. The van der Waals surface area contributed by atoms with Gasteiger partial charge in [-0.25, -0.2) is 4.57 Å². The van der Waals surface area contributed by atoms with E-state index in [9.17, 15) is 0 Å². The number of thiophene rings is 1. The van der Waals surface area contributed by atoms with Crippen LogP contribution in [0.1, 0.15) is 55.6 Å². The number of aromatic nitrogens is 1. The first-order valence-electron chi connectivity index (χ1n) is 12.5. The third-order valence-electron chi connectivity index (χ3n) is 9.20. The van der Waals surface area contributed by atoms with Crippen molar-refractivity contribution in [3.05, 3.63) is 65.2 Å². The molecule has 5 unspecified atom stereocenters. The molecule has 32 heavy (non-hydrogen) atoms. The van der Waals surface area contributed by atoms with Gasteiger partial charge in [0.25, 0.3) is 0 Å². The van der Waals surface area contributed by atoms with Gasteiger partial charge in [0.05, 0.1) is 10.9 Å². The molecule has 0 amide bonds. The Morgan fingerprint density at radius 1 is 0.875 bits per heavy atom. The zero-order valence-corrected chi connectivity index (χ0v) is 20.0. The smallest absolute Gasteiger partial charge is 0.200 e. The number of hydrogen-bond donors (Lipinski definition) is 0. The first-order valence-corrected chi connectivity index (χ1v) is 13.4. The summed E-state index contributed by atoms with van der Waals surface area (Å²) < 4.78 is 3.69. The van der Waals surface area contributed by atoms with Gasteiger partial charge in [-0.05, 0) is 120 Å². The molecule has 3 aliphatic rings. The van der Waals surface area contributed by atoms with Crippen LogP contribution in [-0.4, -0.2) is 0 Å². The van der Waals surface area contributed by atoms with Crippen LogP contribution in [0.15, 0.2) is 54.0 Å². The van der Waals surface area contributed by atoms with Crippen molar-refractivity contribution in [3.8, 4) is 11.3 Å². The van der Waals surface area contributed by atoms with Gasteiger partial charge in [0.15, 0.2) is 6.20 Å². The normalized spacial score (nSPS) is 29.1. The van der Waals surface area contributed by atoms with Gasteiger partial charge in [-0.2, -0.15) is 0 Å². The SMILES string of the molecule is Cc1cc2ccsc2cc1-c1c2ccc(C3CC4CC5CCC3C(C5)C4)cc2cc[n+]1C. The van der Waals surface area contributed by atoms with Crippen molar-refractivity contribution in [2.75, 3.05) is 0 Å². The maximum Gasteiger partial charge on any atom is 0.220 e. The van der Waals surface area contributed by atoms with Crippen molar-refractivity contribution < 1.29 is 4.57 Å². The Kier molecular flexibility index (Phi) is 4.31. The Bertz CT molecular complexity index is 1340. The molecule has 2 heteroatoms. The molecule has 3 bridgehead atoms. The molecule has 2 aromatic heterocycles. The molecule has 3 fully saturated rings. The fraction of sp³-hybridized carbons (Fsp3) is 0.433. The number of hydrogen-bond acceptors (Lipinski definition) is 1. The molecule has 162 valence electrons. The number of pyridine rings is 1. The van der Waals surface area contributed by atoms with E-state index in [-0.39, 0.29) is 0 Å². The van der Waals surface area contributed by atoms with E-state index in [1.807, 2.05) is 11.3 Å². The first kappa shape index (κ1) is 19.3. The third-order valence-corrected chi connectivity index (χ3v) is 10.1. The minimum atomic E-state index is 0.783. The topological polar surface area (TPSA) is 3.88 Å². The molecule has 2 heterocycles. The highest BCUT2D eigenvalue weighted by atomic mass is 32.1. The summed E-state index contributed by atoms with van der Waals surface area (Å²) >= 11 is 1.84. The molecule has 5 atom stereocenters. The Morgan fingerprint density at radius 2 is 1.78 bits per heavy atom. The number of benzene rings is 2. The average Bonchev–Trinajstić information content (AvgIpc) is 3.24. The van der Waals surface area contributed by atoms with Crippen LogP contribution >= 0.6 is 11.3 Å². The third kappa shape index (κ3) is 2.91. The Balaban J connectivity index is 1.35. The predicted octanol–water partition coefficient (Wildman–Crippen LogP) is 7.78. The quantitative estimate of drug-likeness (QED) is 0.281. The van der Waals surface area contributed by atoms with Gasteiger partial charge in [0.2, 0.25) is 5.69 Å². The van der Waals surface area contributed by atoms with Gasteiger partial charge in [-0.1, -0.05) is 18.6 Å². The molecule has 0 N–H and O–H groups in total. The van der Waals surface area contributed by atoms with Gasteiger partial charge >= 0.3 is 0 Å². The van der Waals surface area contributed by atoms with Crippen molar-refractivity contribution in [1.29, 1.82) is 0 Å². The molecule has 0 saturated heterocycles. The van der Waals surface area contributed by atoms with Crippen LogP contribution < -0.4 is 4.57 Å². The lowest BCUT2D eigenvalue weighted by Crippen LogP contribution is -2.41. The summed E-state index contributed by atoms with van der Waals surface area (Å²) in [5, 5.41) is 6.36. The fourth-order valence-corrected chi connectivity index (χ4v) is 8.65. The lowest BCUT2D eigenvalue weighted by atomic mass is 9.53. The van der Waals surface area contributed by atoms with E-state index in [1.165, 1.54) is 76.2 Å². The summed E-state index contributed by atoms with van der Waals surface area (Å²) in [7, 11) is 2.20. The second-order valence-electron chi connectivity index (χ2n) is 11.0. The van der Waals surface area contributed by atoms with E-state index in [1.54, 1.807) is 5.56 Å². The number of rotatable bonds is 2. The minimum Gasteiger partial charge on any atom is -0.200 e.